The molecule has 0 aliphatic heterocycles. The molecular formula is C15H22N2O. The number of rotatable bonds is 5. The van der Waals surface area contributed by atoms with E-state index >= 15 is 0 Å². The molecule has 0 fully saturated rings. The van der Waals surface area contributed by atoms with Crippen molar-refractivity contribution in [1.82, 2.24) is 0 Å². The summed E-state index contributed by atoms with van der Waals surface area (Å²) in [6.07, 6.45) is 5.57. The Balaban J connectivity index is 2.22. The van der Waals surface area contributed by atoms with Gasteiger partial charge in [0.05, 0.1) is 0 Å². The lowest BCUT2D eigenvalue weighted by Crippen LogP contribution is -2.21. The van der Waals surface area contributed by atoms with Gasteiger partial charge in [0.15, 0.2) is 0 Å². The van der Waals surface area contributed by atoms with Crippen LogP contribution in [0.1, 0.15) is 47.7 Å². The molecule has 1 aromatic carbocycles. The van der Waals surface area contributed by atoms with Crippen molar-refractivity contribution >= 4 is 5.91 Å². The molecule has 3 heteroatoms. The van der Waals surface area contributed by atoms with Gasteiger partial charge in [0, 0.05) is 5.56 Å². The zero-order valence-corrected chi connectivity index (χ0v) is 11.0. The standard InChI is InChI=1S/C15H22N2O/c1-2-15(6-3-7-16)9-12-5-4-11(14(17)18)8-13(12)10-15/h4-5,8H,2-3,6-7,9-10,16H2,1H3,(H2,17,18). The fraction of sp³-hybridized carbons (Fsp3) is 0.533. The maximum atomic E-state index is 11.2. The quantitative estimate of drug-likeness (QED) is 0.834. The number of carbonyl (C=O) groups excluding carboxylic acids is 1. The molecule has 4 N–H and O–H groups in total. The molecule has 1 aliphatic rings. The zero-order chi connectivity index (χ0) is 13.2. The smallest absolute Gasteiger partial charge is 0.248 e. The first kappa shape index (κ1) is 13.1. The van der Waals surface area contributed by atoms with E-state index in [4.69, 9.17) is 11.5 Å². The van der Waals surface area contributed by atoms with Crippen molar-refractivity contribution in [2.45, 2.75) is 39.0 Å². The third-order valence-electron chi connectivity index (χ3n) is 4.28. The van der Waals surface area contributed by atoms with Gasteiger partial charge in [-0.05, 0) is 67.3 Å². The second kappa shape index (κ2) is 5.11. The first-order valence-electron chi connectivity index (χ1n) is 6.72. The summed E-state index contributed by atoms with van der Waals surface area (Å²) in [7, 11) is 0. The van der Waals surface area contributed by atoms with Crippen LogP contribution in [0, 0.1) is 5.41 Å². The average Bonchev–Trinajstić information content (AvgIpc) is 2.74. The molecule has 1 atom stereocenters. The van der Waals surface area contributed by atoms with Crippen molar-refractivity contribution in [1.29, 1.82) is 0 Å². The summed E-state index contributed by atoms with van der Waals surface area (Å²) in [5.41, 5.74) is 14.6. The van der Waals surface area contributed by atoms with E-state index in [9.17, 15) is 4.79 Å². The maximum absolute atomic E-state index is 11.2. The van der Waals surface area contributed by atoms with Crippen LogP contribution in [0.2, 0.25) is 0 Å². The Hall–Kier alpha value is -1.35. The number of fused-ring (bicyclic) bond motifs is 1. The third kappa shape index (κ3) is 2.41. The number of hydrogen-bond acceptors (Lipinski definition) is 2. The van der Waals surface area contributed by atoms with E-state index in [1.54, 1.807) is 0 Å². The van der Waals surface area contributed by atoms with Gasteiger partial charge in [0.2, 0.25) is 5.91 Å². The summed E-state index contributed by atoms with van der Waals surface area (Å²) in [6, 6.07) is 5.88. The average molecular weight is 246 g/mol. The van der Waals surface area contributed by atoms with E-state index in [1.807, 2.05) is 12.1 Å². The molecule has 0 spiro atoms. The van der Waals surface area contributed by atoms with Crippen molar-refractivity contribution in [2.75, 3.05) is 6.54 Å². The summed E-state index contributed by atoms with van der Waals surface area (Å²) in [4.78, 5) is 11.2. The minimum Gasteiger partial charge on any atom is -0.366 e. The molecule has 1 aromatic rings. The van der Waals surface area contributed by atoms with Crippen LogP contribution >= 0.6 is 0 Å². The molecule has 0 bridgehead atoms. The molecule has 0 saturated heterocycles. The van der Waals surface area contributed by atoms with Crippen molar-refractivity contribution in [3.63, 3.8) is 0 Å². The highest BCUT2D eigenvalue weighted by molar-refractivity contribution is 5.93. The molecule has 0 radical (unpaired) electrons. The Kier molecular flexibility index (Phi) is 3.71. The van der Waals surface area contributed by atoms with Crippen molar-refractivity contribution < 1.29 is 4.79 Å². The topological polar surface area (TPSA) is 69.1 Å². The maximum Gasteiger partial charge on any atom is 0.248 e. The minimum atomic E-state index is -0.339. The summed E-state index contributed by atoms with van der Waals surface area (Å²) in [6.45, 7) is 3.00. The largest absolute Gasteiger partial charge is 0.366 e. The minimum absolute atomic E-state index is 0.339. The van der Waals surface area contributed by atoms with Crippen molar-refractivity contribution in [3.05, 3.63) is 34.9 Å². The summed E-state index contributed by atoms with van der Waals surface area (Å²) >= 11 is 0. The molecule has 0 saturated carbocycles. The van der Waals surface area contributed by atoms with E-state index < -0.39 is 0 Å². The number of hydrogen-bond donors (Lipinski definition) is 2. The first-order valence-corrected chi connectivity index (χ1v) is 6.72. The van der Waals surface area contributed by atoms with Gasteiger partial charge in [-0.1, -0.05) is 13.0 Å². The van der Waals surface area contributed by atoms with E-state index in [0.717, 1.165) is 32.2 Å². The van der Waals surface area contributed by atoms with E-state index in [-0.39, 0.29) is 5.91 Å². The highest BCUT2D eigenvalue weighted by atomic mass is 16.1. The Morgan fingerprint density at radius 2 is 2.06 bits per heavy atom. The van der Waals surface area contributed by atoms with Crippen LogP contribution in [-0.2, 0) is 12.8 Å². The van der Waals surface area contributed by atoms with Gasteiger partial charge in [-0.25, -0.2) is 0 Å². The fourth-order valence-electron chi connectivity index (χ4n) is 3.07. The Morgan fingerprint density at radius 1 is 1.33 bits per heavy atom. The lowest BCUT2D eigenvalue weighted by molar-refractivity contribution is 0.1000. The molecule has 2 rings (SSSR count). The Morgan fingerprint density at radius 3 is 2.67 bits per heavy atom. The van der Waals surface area contributed by atoms with Gasteiger partial charge in [-0.15, -0.1) is 0 Å². The van der Waals surface area contributed by atoms with Gasteiger partial charge in [0.25, 0.3) is 0 Å². The monoisotopic (exact) mass is 246 g/mol. The lowest BCUT2D eigenvalue weighted by atomic mass is 9.78. The van der Waals surface area contributed by atoms with Gasteiger partial charge in [0.1, 0.15) is 0 Å². The number of benzene rings is 1. The van der Waals surface area contributed by atoms with Crippen LogP contribution in [0.25, 0.3) is 0 Å². The van der Waals surface area contributed by atoms with Crippen LogP contribution in [0.5, 0.6) is 0 Å². The van der Waals surface area contributed by atoms with Crippen LogP contribution < -0.4 is 11.5 Å². The molecular weight excluding hydrogens is 224 g/mol. The molecule has 0 aromatic heterocycles. The van der Waals surface area contributed by atoms with Crippen LogP contribution in [0.15, 0.2) is 18.2 Å². The predicted molar refractivity (Wildman–Crippen MR) is 73.4 cm³/mol. The molecule has 1 unspecified atom stereocenters. The van der Waals surface area contributed by atoms with Gasteiger partial charge in [-0.2, -0.15) is 0 Å². The number of nitrogens with two attached hydrogens (primary N) is 2. The molecule has 98 valence electrons. The first-order chi connectivity index (χ1) is 8.60. The summed E-state index contributed by atoms with van der Waals surface area (Å²) < 4.78 is 0. The normalized spacial score (nSPS) is 21.9. The van der Waals surface area contributed by atoms with Crippen LogP contribution in [0.4, 0.5) is 0 Å². The highest BCUT2D eigenvalue weighted by Gasteiger charge is 2.35. The zero-order valence-electron chi connectivity index (χ0n) is 11.0. The van der Waals surface area contributed by atoms with Crippen LogP contribution in [0.3, 0.4) is 0 Å². The Labute approximate surface area is 109 Å². The second-order valence-corrected chi connectivity index (χ2v) is 5.45. The highest BCUT2D eigenvalue weighted by Crippen LogP contribution is 2.43. The van der Waals surface area contributed by atoms with Crippen LogP contribution in [-0.4, -0.2) is 12.5 Å². The van der Waals surface area contributed by atoms with Crippen molar-refractivity contribution in [3.8, 4) is 0 Å². The summed E-state index contributed by atoms with van der Waals surface area (Å²) in [5.74, 6) is -0.339. The predicted octanol–water partition coefficient (Wildman–Crippen LogP) is 2.02. The van der Waals surface area contributed by atoms with Gasteiger partial charge in [-0.3, -0.25) is 4.79 Å². The number of carbonyl (C=O) groups is 1. The fourth-order valence-corrected chi connectivity index (χ4v) is 3.07. The van der Waals surface area contributed by atoms with E-state index in [1.165, 1.54) is 17.5 Å². The molecule has 1 amide bonds. The Bertz CT molecular complexity index is 456. The number of primary amides is 1. The summed E-state index contributed by atoms with van der Waals surface area (Å²) in [5, 5.41) is 0. The second-order valence-electron chi connectivity index (χ2n) is 5.45. The lowest BCUT2D eigenvalue weighted by Gasteiger charge is -2.27. The number of amides is 1. The molecule has 1 aliphatic carbocycles. The van der Waals surface area contributed by atoms with Gasteiger partial charge >= 0.3 is 0 Å². The van der Waals surface area contributed by atoms with Crippen molar-refractivity contribution in [2.24, 2.45) is 16.9 Å². The van der Waals surface area contributed by atoms with E-state index in [2.05, 4.69) is 13.0 Å². The van der Waals surface area contributed by atoms with E-state index in [0.29, 0.717) is 11.0 Å². The SMILES string of the molecule is CCC1(CCCN)Cc2ccc(C(N)=O)cc2C1. The molecule has 3 nitrogen and oxygen atoms in total. The van der Waals surface area contributed by atoms with Gasteiger partial charge < -0.3 is 11.5 Å². The molecule has 0 heterocycles. The molecule has 18 heavy (non-hydrogen) atoms. The third-order valence-corrected chi connectivity index (χ3v) is 4.28.